The quantitative estimate of drug-likeness (QED) is 0.562. The molecule has 0 amide bonds. The molecule has 3 fully saturated rings. The van der Waals surface area contributed by atoms with Crippen molar-refractivity contribution in [3.8, 4) is 5.75 Å². The molecule has 4 rings (SSSR count). The van der Waals surface area contributed by atoms with Crippen molar-refractivity contribution in [3.63, 3.8) is 0 Å². The molecule has 1 aromatic rings. The van der Waals surface area contributed by atoms with E-state index in [1.54, 1.807) is 0 Å². The van der Waals surface area contributed by atoms with Crippen LogP contribution in [0.25, 0.3) is 0 Å². The maximum Gasteiger partial charge on any atom is 0.387 e. The summed E-state index contributed by atoms with van der Waals surface area (Å²) >= 11 is 0. The molecule has 0 radical (unpaired) electrons. The number of nitrogens with two attached hydrogens (primary N) is 1. The molecule has 9 heteroatoms. The molecular formula is C23H33F2N5O2. The van der Waals surface area contributed by atoms with Crippen molar-refractivity contribution in [2.75, 3.05) is 32.0 Å². The molecule has 1 aliphatic heterocycles. The van der Waals surface area contributed by atoms with Gasteiger partial charge in [0.25, 0.3) is 0 Å². The van der Waals surface area contributed by atoms with Gasteiger partial charge in [0.15, 0.2) is 11.6 Å². The van der Waals surface area contributed by atoms with Gasteiger partial charge in [-0.15, -0.1) is 0 Å². The first-order valence-corrected chi connectivity index (χ1v) is 11.5. The second-order valence-electron chi connectivity index (χ2n) is 9.15. The second-order valence-corrected chi connectivity index (χ2v) is 9.15. The summed E-state index contributed by atoms with van der Waals surface area (Å²) in [5.74, 6) is 1.36. The molecule has 2 aliphatic carbocycles. The number of hydrogen-bond donors (Lipinski definition) is 2. The Hall–Kier alpha value is -2.13. The van der Waals surface area contributed by atoms with Gasteiger partial charge in [-0.25, -0.2) is 4.98 Å². The SMILES string of the molecule is CCC(C)N=C(CC(=N)c1cnc(N)c(OC(F)F)c1)C1C2CC(N3CCOCC3)CC21. The fourth-order valence-electron chi connectivity index (χ4n) is 5.27. The van der Waals surface area contributed by atoms with E-state index in [-0.39, 0.29) is 17.6 Å². The highest BCUT2D eigenvalue weighted by molar-refractivity contribution is 6.12. The van der Waals surface area contributed by atoms with Gasteiger partial charge in [-0.2, -0.15) is 8.78 Å². The smallest absolute Gasteiger partial charge is 0.387 e. The molecule has 176 valence electrons. The third kappa shape index (κ3) is 5.09. The van der Waals surface area contributed by atoms with Gasteiger partial charge in [0.2, 0.25) is 0 Å². The van der Waals surface area contributed by atoms with Crippen molar-refractivity contribution < 1.29 is 18.3 Å². The summed E-state index contributed by atoms with van der Waals surface area (Å²) < 4.78 is 35.2. The number of ether oxygens (including phenoxy) is 2. The van der Waals surface area contributed by atoms with Gasteiger partial charge in [0.1, 0.15) is 0 Å². The molecule has 32 heavy (non-hydrogen) atoms. The minimum absolute atomic E-state index is 0.110. The van der Waals surface area contributed by atoms with Gasteiger partial charge in [0, 0.05) is 60.7 Å². The molecule has 1 saturated heterocycles. The van der Waals surface area contributed by atoms with E-state index in [9.17, 15) is 8.78 Å². The van der Waals surface area contributed by atoms with Crippen molar-refractivity contribution in [3.05, 3.63) is 17.8 Å². The summed E-state index contributed by atoms with van der Waals surface area (Å²) in [6.07, 6.45) is 5.13. The number of anilines is 1. The van der Waals surface area contributed by atoms with E-state index < -0.39 is 6.61 Å². The van der Waals surface area contributed by atoms with E-state index in [2.05, 4.69) is 28.5 Å². The summed E-state index contributed by atoms with van der Waals surface area (Å²) in [5, 5.41) is 8.61. The number of nitrogen functional groups attached to an aromatic ring is 1. The molecule has 2 heterocycles. The average Bonchev–Trinajstić information content (AvgIpc) is 3.27. The number of rotatable bonds is 9. The molecule has 2 saturated carbocycles. The Morgan fingerprint density at radius 3 is 2.66 bits per heavy atom. The van der Waals surface area contributed by atoms with Crippen LogP contribution >= 0.6 is 0 Å². The van der Waals surface area contributed by atoms with Crippen LogP contribution in [0, 0.1) is 23.2 Å². The number of halogens is 2. The summed E-state index contributed by atoms with van der Waals surface area (Å²) in [4.78, 5) is 11.5. The minimum Gasteiger partial charge on any atom is -0.431 e. The Labute approximate surface area is 187 Å². The number of hydrogen-bond acceptors (Lipinski definition) is 7. The molecule has 3 N–H and O–H groups in total. The average molecular weight is 450 g/mol. The predicted molar refractivity (Wildman–Crippen MR) is 120 cm³/mol. The molecule has 1 aromatic heterocycles. The highest BCUT2D eigenvalue weighted by atomic mass is 19.3. The van der Waals surface area contributed by atoms with E-state index in [0.717, 1.165) is 38.4 Å². The number of pyridine rings is 1. The number of nitrogens with zero attached hydrogens (tertiary/aromatic N) is 3. The van der Waals surface area contributed by atoms with E-state index >= 15 is 0 Å². The first kappa shape index (κ1) is 23.0. The highest BCUT2D eigenvalue weighted by Gasteiger charge is 2.58. The zero-order valence-corrected chi connectivity index (χ0v) is 18.8. The van der Waals surface area contributed by atoms with Crippen LogP contribution in [0.5, 0.6) is 5.75 Å². The van der Waals surface area contributed by atoms with E-state index in [0.29, 0.717) is 41.5 Å². The lowest BCUT2D eigenvalue weighted by Gasteiger charge is -2.33. The van der Waals surface area contributed by atoms with E-state index in [1.165, 1.54) is 25.1 Å². The van der Waals surface area contributed by atoms with Crippen molar-refractivity contribution in [2.24, 2.45) is 22.7 Å². The highest BCUT2D eigenvalue weighted by Crippen LogP contribution is 2.59. The van der Waals surface area contributed by atoms with Gasteiger partial charge in [0.05, 0.1) is 13.2 Å². The molecule has 0 bridgehead atoms. The van der Waals surface area contributed by atoms with Crippen LogP contribution in [-0.4, -0.2) is 66.3 Å². The van der Waals surface area contributed by atoms with Crippen molar-refractivity contribution in [1.82, 2.24) is 9.88 Å². The summed E-state index contributed by atoms with van der Waals surface area (Å²) in [6.45, 7) is 4.88. The largest absolute Gasteiger partial charge is 0.431 e. The normalized spacial score (nSPS) is 29.1. The monoisotopic (exact) mass is 449 g/mol. The summed E-state index contributed by atoms with van der Waals surface area (Å²) in [5.41, 5.74) is 7.44. The van der Waals surface area contributed by atoms with Crippen molar-refractivity contribution in [2.45, 2.75) is 58.2 Å². The van der Waals surface area contributed by atoms with Gasteiger partial charge in [-0.3, -0.25) is 9.89 Å². The van der Waals surface area contributed by atoms with Crippen LogP contribution in [0.4, 0.5) is 14.6 Å². The topological polar surface area (TPSA) is 96.8 Å². The Morgan fingerprint density at radius 2 is 2.03 bits per heavy atom. The maximum absolute atomic E-state index is 12.6. The predicted octanol–water partition coefficient (Wildman–Crippen LogP) is 3.62. The number of aliphatic imine (C=N–C) groups is 1. The zero-order valence-electron chi connectivity index (χ0n) is 18.8. The Kier molecular flexibility index (Phi) is 7.05. The molecule has 3 atom stereocenters. The number of nitrogens with one attached hydrogen (secondary N) is 1. The van der Waals surface area contributed by atoms with Crippen LogP contribution in [-0.2, 0) is 4.74 Å². The van der Waals surface area contributed by atoms with Crippen LogP contribution < -0.4 is 10.5 Å². The van der Waals surface area contributed by atoms with E-state index in [4.69, 9.17) is 20.9 Å². The number of fused-ring (bicyclic) bond motifs is 1. The number of morpholine rings is 1. The lowest BCUT2D eigenvalue weighted by molar-refractivity contribution is -0.0495. The number of alkyl halides is 2. The maximum atomic E-state index is 12.6. The molecule has 0 spiro atoms. The van der Waals surface area contributed by atoms with Gasteiger partial charge in [-0.05, 0) is 44.1 Å². The van der Waals surface area contributed by atoms with Crippen molar-refractivity contribution >= 4 is 17.2 Å². The molecular weight excluding hydrogens is 416 g/mol. The van der Waals surface area contributed by atoms with Crippen LogP contribution in [0.15, 0.2) is 17.3 Å². The fourth-order valence-corrected chi connectivity index (χ4v) is 5.27. The third-order valence-corrected chi connectivity index (χ3v) is 7.15. The van der Waals surface area contributed by atoms with Crippen molar-refractivity contribution in [1.29, 1.82) is 5.41 Å². The van der Waals surface area contributed by atoms with Crippen LogP contribution in [0.3, 0.4) is 0 Å². The second kappa shape index (κ2) is 9.79. The zero-order chi connectivity index (χ0) is 22.8. The minimum atomic E-state index is -2.99. The van der Waals surface area contributed by atoms with E-state index in [1.807, 2.05) is 0 Å². The van der Waals surface area contributed by atoms with Crippen LogP contribution in [0.1, 0.15) is 45.1 Å². The summed E-state index contributed by atoms with van der Waals surface area (Å²) in [6, 6.07) is 2.20. The lowest BCUT2D eigenvalue weighted by Crippen LogP contribution is -2.43. The summed E-state index contributed by atoms with van der Waals surface area (Å²) in [7, 11) is 0. The van der Waals surface area contributed by atoms with Gasteiger partial charge >= 0.3 is 6.61 Å². The molecule has 0 aromatic carbocycles. The Morgan fingerprint density at radius 1 is 1.34 bits per heavy atom. The fraction of sp³-hybridized carbons (Fsp3) is 0.696. The standard InChI is InChI=1S/C23H33F2N5O2/c1-3-13(2)29-19(11-18(26)14-8-20(32-23(24)25)22(27)28-12-14)21-16-9-15(10-17(16)21)30-4-6-31-7-5-30/h8,12-13,15-17,21,23,26H,3-7,9-11H2,1-2H3,(H2,27,28). The number of aromatic nitrogens is 1. The van der Waals surface area contributed by atoms with Gasteiger partial charge in [-0.1, -0.05) is 6.92 Å². The third-order valence-electron chi connectivity index (χ3n) is 7.15. The molecule has 3 unspecified atom stereocenters. The first-order chi connectivity index (χ1) is 15.4. The Balaban J connectivity index is 1.44. The van der Waals surface area contributed by atoms with Crippen LogP contribution in [0.2, 0.25) is 0 Å². The molecule has 7 nitrogen and oxygen atoms in total. The lowest BCUT2D eigenvalue weighted by atomic mass is 9.96. The van der Waals surface area contributed by atoms with Gasteiger partial charge < -0.3 is 20.6 Å². The molecule has 3 aliphatic rings. The first-order valence-electron chi connectivity index (χ1n) is 11.5. The Bertz CT molecular complexity index is 847.